The second kappa shape index (κ2) is 12.8. The molecule has 0 saturated heterocycles. The molecule has 4 aromatic carbocycles. The van der Waals surface area contributed by atoms with Gasteiger partial charge in [0.25, 0.3) is 0 Å². The Hall–Kier alpha value is -4.53. The maximum absolute atomic E-state index is 13.6. The van der Waals surface area contributed by atoms with Gasteiger partial charge in [-0.1, -0.05) is 35.8 Å². The first kappa shape index (κ1) is 30.5. The van der Waals surface area contributed by atoms with Gasteiger partial charge >= 0.3 is 0 Å². The van der Waals surface area contributed by atoms with Crippen molar-refractivity contribution in [1.29, 1.82) is 0 Å². The number of para-hydroxylation sites is 1. The van der Waals surface area contributed by atoms with Gasteiger partial charge in [0, 0.05) is 11.1 Å². The summed E-state index contributed by atoms with van der Waals surface area (Å²) in [4.78, 5) is 0.154. The summed E-state index contributed by atoms with van der Waals surface area (Å²) in [6, 6.07) is 27.1. The Balaban J connectivity index is 1.12. The fraction of sp³-hybridized carbons (Fsp3) is 0.263. The van der Waals surface area contributed by atoms with Gasteiger partial charge in [-0.25, -0.2) is 8.42 Å². The molecule has 0 bridgehead atoms. The minimum Gasteiger partial charge on any atom is -0.457 e. The van der Waals surface area contributed by atoms with Crippen molar-refractivity contribution in [2.45, 2.75) is 72.4 Å². The van der Waals surface area contributed by atoms with E-state index in [1.54, 1.807) is 66.7 Å². The van der Waals surface area contributed by atoms with E-state index >= 15 is 0 Å². The van der Waals surface area contributed by atoms with Crippen molar-refractivity contribution in [2.24, 2.45) is 0 Å². The Labute approximate surface area is 264 Å². The molecule has 0 unspecified atom stereocenters. The van der Waals surface area contributed by atoms with Crippen LogP contribution in [0, 0.1) is 23.7 Å². The Morgan fingerprint density at radius 1 is 0.556 bits per heavy atom. The second-order valence-corrected chi connectivity index (χ2v) is 13.6. The number of benzene rings is 4. The molecule has 0 amide bonds. The van der Waals surface area contributed by atoms with Crippen LogP contribution in [-0.4, -0.2) is 29.8 Å². The third-order valence-electron chi connectivity index (χ3n) is 8.19. The quantitative estimate of drug-likeness (QED) is 0.219. The standard InChI is InChI=1S/C38H34O6S/c39-37(23-3-4-24-37)27-21-29-9-13-31(14-10-29)43-32-17-19-34(20-18-32)45(41,42)36-8-2-1-7-35(36)44-33-15-11-30(12-16-33)22-28-38(40)25-5-6-26-38/h1-2,7-20,39-40H,3-6,23-26H2. The van der Waals surface area contributed by atoms with E-state index in [0.717, 1.165) is 36.8 Å². The van der Waals surface area contributed by atoms with E-state index in [9.17, 15) is 18.6 Å². The summed E-state index contributed by atoms with van der Waals surface area (Å²) >= 11 is 0. The lowest BCUT2D eigenvalue weighted by molar-refractivity contribution is 0.109. The highest BCUT2D eigenvalue weighted by Gasteiger charge is 2.29. The molecule has 2 saturated carbocycles. The zero-order chi connectivity index (χ0) is 31.3. The highest BCUT2D eigenvalue weighted by atomic mass is 32.2. The lowest BCUT2D eigenvalue weighted by atomic mass is 10.0. The monoisotopic (exact) mass is 618 g/mol. The van der Waals surface area contributed by atoms with Crippen molar-refractivity contribution in [3.05, 3.63) is 108 Å². The normalized spacial score (nSPS) is 16.6. The lowest BCUT2D eigenvalue weighted by Gasteiger charge is -2.13. The van der Waals surface area contributed by atoms with Crippen molar-refractivity contribution in [1.82, 2.24) is 0 Å². The molecule has 0 atom stereocenters. The van der Waals surface area contributed by atoms with E-state index in [0.29, 0.717) is 42.9 Å². The Bertz CT molecular complexity index is 1880. The van der Waals surface area contributed by atoms with Crippen LogP contribution in [0.1, 0.15) is 62.5 Å². The minimum atomic E-state index is -3.90. The molecule has 0 radical (unpaired) electrons. The van der Waals surface area contributed by atoms with Gasteiger partial charge in [0.1, 0.15) is 39.1 Å². The van der Waals surface area contributed by atoms with E-state index in [1.165, 1.54) is 18.2 Å². The van der Waals surface area contributed by atoms with Gasteiger partial charge in [-0.3, -0.25) is 0 Å². The molecule has 228 valence electrons. The third-order valence-corrected chi connectivity index (χ3v) is 9.99. The first-order valence-corrected chi connectivity index (χ1v) is 16.7. The fourth-order valence-electron chi connectivity index (χ4n) is 5.59. The van der Waals surface area contributed by atoms with Crippen LogP contribution in [0.25, 0.3) is 0 Å². The van der Waals surface area contributed by atoms with E-state index in [4.69, 9.17) is 9.47 Å². The highest BCUT2D eigenvalue weighted by Crippen LogP contribution is 2.34. The third kappa shape index (κ3) is 7.41. The van der Waals surface area contributed by atoms with Crippen molar-refractivity contribution < 1.29 is 28.1 Å². The summed E-state index contributed by atoms with van der Waals surface area (Å²) in [5.74, 6) is 13.8. The van der Waals surface area contributed by atoms with Crippen LogP contribution in [-0.2, 0) is 9.84 Å². The van der Waals surface area contributed by atoms with Crippen molar-refractivity contribution in [2.75, 3.05) is 0 Å². The summed E-state index contributed by atoms with van der Waals surface area (Å²) < 4.78 is 39.2. The highest BCUT2D eigenvalue weighted by molar-refractivity contribution is 7.91. The van der Waals surface area contributed by atoms with Gasteiger partial charge in [-0.05, 0) is 136 Å². The summed E-state index contributed by atoms with van der Waals surface area (Å²) in [7, 11) is -3.90. The second-order valence-electron chi connectivity index (χ2n) is 11.7. The number of aliphatic hydroxyl groups is 2. The van der Waals surface area contributed by atoms with Crippen LogP contribution < -0.4 is 9.47 Å². The van der Waals surface area contributed by atoms with Crippen LogP contribution in [0.15, 0.2) is 107 Å². The molecule has 2 aliphatic carbocycles. The molecule has 7 heteroatoms. The predicted octanol–water partition coefficient (Wildman–Crippen LogP) is 7.42. The van der Waals surface area contributed by atoms with Crippen molar-refractivity contribution in [3.63, 3.8) is 0 Å². The molecule has 2 fully saturated rings. The van der Waals surface area contributed by atoms with E-state index in [2.05, 4.69) is 23.7 Å². The minimum absolute atomic E-state index is 0.0463. The van der Waals surface area contributed by atoms with Gasteiger partial charge in [0.2, 0.25) is 9.84 Å². The molecular formula is C38H34O6S. The Morgan fingerprint density at radius 3 is 1.47 bits per heavy atom. The SMILES string of the molecule is O=S(=O)(c1ccc(Oc2ccc(C#CC3(O)CCCC3)cc2)cc1)c1ccccc1Oc1ccc(C#CC2(O)CCCC2)cc1. The van der Waals surface area contributed by atoms with Crippen LogP contribution in [0.5, 0.6) is 23.0 Å². The number of sulfone groups is 1. The molecule has 6 rings (SSSR count). The molecule has 2 aliphatic rings. The smallest absolute Gasteiger partial charge is 0.210 e. The van der Waals surface area contributed by atoms with E-state index < -0.39 is 21.0 Å². The average molecular weight is 619 g/mol. The van der Waals surface area contributed by atoms with E-state index in [1.807, 2.05) is 12.1 Å². The predicted molar refractivity (Wildman–Crippen MR) is 172 cm³/mol. The van der Waals surface area contributed by atoms with Gasteiger partial charge in [-0.2, -0.15) is 0 Å². The summed E-state index contributed by atoms with van der Waals surface area (Å²) in [5, 5.41) is 20.9. The van der Waals surface area contributed by atoms with Gasteiger partial charge in [-0.15, -0.1) is 0 Å². The molecule has 0 aromatic heterocycles. The molecule has 6 nitrogen and oxygen atoms in total. The molecule has 2 N–H and O–H groups in total. The zero-order valence-electron chi connectivity index (χ0n) is 24.8. The fourth-order valence-corrected chi connectivity index (χ4v) is 6.97. The molecule has 45 heavy (non-hydrogen) atoms. The molecule has 0 spiro atoms. The van der Waals surface area contributed by atoms with Gasteiger partial charge in [0.15, 0.2) is 0 Å². The lowest BCUT2D eigenvalue weighted by Crippen LogP contribution is -2.20. The Kier molecular flexibility index (Phi) is 8.70. The van der Waals surface area contributed by atoms with E-state index in [-0.39, 0.29) is 15.5 Å². The number of hydrogen-bond donors (Lipinski definition) is 2. The van der Waals surface area contributed by atoms with Crippen LogP contribution in [0.3, 0.4) is 0 Å². The topological polar surface area (TPSA) is 93.1 Å². The van der Waals surface area contributed by atoms with Crippen molar-refractivity contribution in [3.8, 4) is 46.7 Å². The van der Waals surface area contributed by atoms with Gasteiger partial charge < -0.3 is 19.7 Å². The summed E-state index contributed by atoms with van der Waals surface area (Å²) in [5.41, 5.74) is -0.263. The number of rotatable bonds is 6. The van der Waals surface area contributed by atoms with Crippen LogP contribution in [0.2, 0.25) is 0 Å². The molecule has 0 heterocycles. The van der Waals surface area contributed by atoms with Crippen LogP contribution in [0.4, 0.5) is 0 Å². The maximum atomic E-state index is 13.6. The number of hydrogen-bond acceptors (Lipinski definition) is 6. The maximum Gasteiger partial charge on any atom is 0.210 e. The first-order valence-electron chi connectivity index (χ1n) is 15.2. The first-order chi connectivity index (χ1) is 21.7. The summed E-state index contributed by atoms with van der Waals surface area (Å²) in [6.07, 6.45) is 6.77. The summed E-state index contributed by atoms with van der Waals surface area (Å²) in [6.45, 7) is 0. The molecule has 4 aromatic rings. The number of ether oxygens (including phenoxy) is 2. The van der Waals surface area contributed by atoms with Gasteiger partial charge in [0.05, 0.1) is 4.90 Å². The largest absolute Gasteiger partial charge is 0.457 e. The van der Waals surface area contributed by atoms with Crippen LogP contribution >= 0.6 is 0 Å². The molecular weight excluding hydrogens is 584 g/mol. The Morgan fingerprint density at radius 2 is 0.978 bits per heavy atom. The molecule has 0 aliphatic heterocycles. The van der Waals surface area contributed by atoms with Crippen molar-refractivity contribution >= 4 is 9.84 Å². The zero-order valence-corrected chi connectivity index (χ0v) is 25.6. The average Bonchev–Trinajstić information content (AvgIpc) is 3.69.